The first-order valence-corrected chi connectivity index (χ1v) is 8.39. The van der Waals surface area contributed by atoms with Gasteiger partial charge in [0.15, 0.2) is 5.65 Å². The Morgan fingerprint density at radius 1 is 1.12 bits per heavy atom. The lowest BCUT2D eigenvalue weighted by molar-refractivity contribution is 0.0232. The maximum atomic E-state index is 6.03. The Kier molecular flexibility index (Phi) is 3.38. The number of aromatic amines is 1. The molecule has 0 radical (unpaired) electrons. The zero-order valence-corrected chi connectivity index (χ0v) is 13.6. The predicted molar refractivity (Wildman–Crippen MR) is 92.5 cm³/mol. The number of fused-ring (bicyclic) bond motifs is 2. The lowest BCUT2D eigenvalue weighted by Crippen LogP contribution is -2.26. The maximum Gasteiger partial charge on any atom is 0.232 e. The molecule has 1 aliphatic heterocycles. The van der Waals surface area contributed by atoms with Crippen molar-refractivity contribution in [3.63, 3.8) is 0 Å². The van der Waals surface area contributed by atoms with Crippen LogP contribution in [-0.2, 0) is 4.74 Å². The largest absolute Gasteiger partial charge is 0.473 e. The van der Waals surface area contributed by atoms with Crippen LogP contribution in [-0.4, -0.2) is 44.1 Å². The van der Waals surface area contributed by atoms with Crippen molar-refractivity contribution in [1.82, 2.24) is 24.8 Å². The van der Waals surface area contributed by atoms with Gasteiger partial charge in [0, 0.05) is 29.9 Å². The number of aromatic nitrogens is 5. The van der Waals surface area contributed by atoms with Gasteiger partial charge >= 0.3 is 0 Å². The summed E-state index contributed by atoms with van der Waals surface area (Å²) in [7, 11) is 0. The van der Waals surface area contributed by atoms with E-state index in [4.69, 9.17) is 9.47 Å². The minimum Gasteiger partial charge on any atom is -0.473 e. The van der Waals surface area contributed by atoms with E-state index in [1.54, 1.807) is 0 Å². The number of benzene rings is 1. The summed E-state index contributed by atoms with van der Waals surface area (Å²) >= 11 is 0. The van der Waals surface area contributed by atoms with E-state index in [1.807, 2.05) is 35.1 Å². The molecule has 0 bridgehead atoms. The van der Waals surface area contributed by atoms with Gasteiger partial charge in [-0.05, 0) is 12.1 Å². The molecule has 1 fully saturated rings. The van der Waals surface area contributed by atoms with E-state index in [1.165, 1.54) is 0 Å². The number of rotatable bonds is 3. The molecule has 25 heavy (non-hydrogen) atoms. The van der Waals surface area contributed by atoms with Gasteiger partial charge in [0.1, 0.15) is 6.10 Å². The molecule has 1 aliphatic rings. The minimum atomic E-state index is 0.159. The topological polar surface area (TPSA) is 77.3 Å². The van der Waals surface area contributed by atoms with Crippen molar-refractivity contribution in [2.45, 2.75) is 18.9 Å². The monoisotopic (exact) mass is 335 g/mol. The molecule has 0 amide bonds. The van der Waals surface area contributed by atoms with E-state index < -0.39 is 0 Å². The van der Waals surface area contributed by atoms with Gasteiger partial charge in [-0.1, -0.05) is 12.1 Å². The van der Waals surface area contributed by atoms with E-state index in [0.717, 1.165) is 53.9 Å². The van der Waals surface area contributed by atoms with Crippen molar-refractivity contribution in [3.05, 3.63) is 42.7 Å². The van der Waals surface area contributed by atoms with Crippen LogP contribution in [0.1, 0.15) is 12.8 Å². The average molecular weight is 335 g/mol. The fraction of sp³-hybridized carbons (Fsp3) is 0.278. The molecule has 0 saturated carbocycles. The molecule has 4 aromatic rings. The highest BCUT2D eigenvalue weighted by Crippen LogP contribution is 2.25. The second kappa shape index (κ2) is 5.86. The third-order valence-corrected chi connectivity index (χ3v) is 4.53. The Hall–Kier alpha value is -2.93. The van der Waals surface area contributed by atoms with Crippen LogP contribution in [0.2, 0.25) is 0 Å². The molecule has 1 aromatic carbocycles. The van der Waals surface area contributed by atoms with E-state index in [2.05, 4.69) is 32.4 Å². The molecule has 5 rings (SSSR count). The summed E-state index contributed by atoms with van der Waals surface area (Å²) in [6.07, 6.45) is 5.59. The standard InChI is InChI=1S/C18H17N5O2/c1-2-13-10-20-21-15(13)9-12(1)16-11-19-17-3-4-18(22-23(16)17)25-14-5-7-24-8-6-14/h1-4,9-11,14H,5-8H2,(H,20,21). The predicted octanol–water partition coefficient (Wildman–Crippen LogP) is 2.83. The number of ether oxygens (including phenoxy) is 2. The van der Waals surface area contributed by atoms with Crippen LogP contribution in [0.15, 0.2) is 42.7 Å². The molecular formula is C18H17N5O2. The molecular weight excluding hydrogens is 318 g/mol. The Morgan fingerprint density at radius 2 is 2.04 bits per heavy atom. The Bertz CT molecular complexity index is 1030. The summed E-state index contributed by atoms with van der Waals surface area (Å²) < 4.78 is 13.2. The Labute approximate surface area is 143 Å². The fourth-order valence-electron chi connectivity index (χ4n) is 3.18. The van der Waals surface area contributed by atoms with Crippen molar-refractivity contribution in [3.8, 4) is 17.1 Å². The lowest BCUT2D eigenvalue weighted by Gasteiger charge is -2.22. The van der Waals surface area contributed by atoms with Crippen LogP contribution in [0.25, 0.3) is 27.8 Å². The molecule has 4 heterocycles. The first-order chi connectivity index (χ1) is 12.4. The van der Waals surface area contributed by atoms with Gasteiger partial charge in [-0.3, -0.25) is 5.10 Å². The highest BCUT2D eigenvalue weighted by Gasteiger charge is 2.17. The summed E-state index contributed by atoms with van der Waals surface area (Å²) in [5, 5.41) is 12.8. The van der Waals surface area contributed by atoms with Gasteiger partial charge < -0.3 is 9.47 Å². The van der Waals surface area contributed by atoms with Crippen LogP contribution in [0.3, 0.4) is 0 Å². The number of nitrogens with one attached hydrogen (secondary N) is 1. The van der Waals surface area contributed by atoms with E-state index in [0.29, 0.717) is 5.88 Å². The molecule has 126 valence electrons. The van der Waals surface area contributed by atoms with E-state index in [9.17, 15) is 0 Å². The van der Waals surface area contributed by atoms with Crippen molar-refractivity contribution in [2.24, 2.45) is 0 Å². The van der Waals surface area contributed by atoms with Crippen LogP contribution in [0, 0.1) is 0 Å². The van der Waals surface area contributed by atoms with Crippen LogP contribution < -0.4 is 4.74 Å². The molecule has 0 aliphatic carbocycles. The van der Waals surface area contributed by atoms with E-state index >= 15 is 0 Å². The summed E-state index contributed by atoms with van der Waals surface area (Å²) in [5.74, 6) is 0.612. The third kappa shape index (κ3) is 2.62. The molecule has 0 spiro atoms. The Balaban J connectivity index is 1.53. The first kappa shape index (κ1) is 14.4. The molecule has 3 aromatic heterocycles. The van der Waals surface area contributed by atoms with Crippen molar-refractivity contribution < 1.29 is 9.47 Å². The van der Waals surface area contributed by atoms with Crippen LogP contribution in [0.5, 0.6) is 5.88 Å². The van der Waals surface area contributed by atoms with Crippen LogP contribution >= 0.6 is 0 Å². The normalized spacial score (nSPS) is 15.8. The van der Waals surface area contributed by atoms with Crippen molar-refractivity contribution >= 4 is 16.6 Å². The second-order valence-electron chi connectivity index (χ2n) is 6.19. The van der Waals surface area contributed by atoms with Gasteiger partial charge in [-0.2, -0.15) is 5.10 Å². The molecule has 7 nitrogen and oxygen atoms in total. The second-order valence-corrected chi connectivity index (χ2v) is 6.19. The lowest BCUT2D eigenvalue weighted by atomic mass is 10.1. The molecule has 0 atom stereocenters. The molecule has 7 heteroatoms. The molecule has 1 N–H and O–H groups in total. The smallest absolute Gasteiger partial charge is 0.232 e. The van der Waals surface area contributed by atoms with E-state index in [-0.39, 0.29) is 6.10 Å². The summed E-state index contributed by atoms with van der Waals surface area (Å²) in [6.45, 7) is 1.49. The third-order valence-electron chi connectivity index (χ3n) is 4.53. The Morgan fingerprint density at radius 3 is 2.96 bits per heavy atom. The number of nitrogens with zero attached hydrogens (tertiary/aromatic N) is 4. The highest BCUT2D eigenvalue weighted by molar-refractivity contribution is 5.83. The number of H-pyrrole nitrogens is 1. The van der Waals surface area contributed by atoms with Crippen LogP contribution in [0.4, 0.5) is 0 Å². The van der Waals surface area contributed by atoms with Gasteiger partial charge in [-0.25, -0.2) is 9.50 Å². The van der Waals surface area contributed by atoms with Gasteiger partial charge in [0.2, 0.25) is 5.88 Å². The quantitative estimate of drug-likeness (QED) is 0.623. The van der Waals surface area contributed by atoms with Gasteiger partial charge in [-0.15, -0.1) is 5.10 Å². The van der Waals surface area contributed by atoms with Crippen molar-refractivity contribution in [1.29, 1.82) is 0 Å². The molecule has 0 unspecified atom stereocenters. The number of imidazole rings is 1. The minimum absolute atomic E-state index is 0.159. The SMILES string of the molecule is c1cc2cn[nH]c2cc1-c1cnc2ccc(OC3CCOCC3)nn12. The summed E-state index contributed by atoms with van der Waals surface area (Å²) in [4.78, 5) is 4.45. The van der Waals surface area contributed by atoms with Crippen molar-refractivity contribution in [2.75, 3.05) is 13.2 Å². The summed E-state index contributed by atoms with van der Waals surface area (Å²) in [5.41, 5.74) is 3.73. The van der Waals surface area contributed by atoms with Gasteiger partial charge in [0.05, 0.1) is 36.8 Å². The summed E-state index contributed by atoms with van der Waals surface area (Å²) in [6, 6.07) is 9.95. The average Bonchev–Trinajstić information content (AvgIpc) is 3.28. The zero-order valence-electron chi connectivity index (χ0n) is 13.6. The van der Waals surface area contributed by atoms with Gasteiger partial charge in [0.25, 0.3) is 0 Å². The maximum absolute atomic E-state index is 6.03. The number of hydrogen-bond acceptors (Lipinski definition) is 5. The first-order valence-electron chi connectivity index (χ1n) is 8.39. The highest BCUT2D eigenvalue weighted by atomic mass is 16.5. The number of hydrogen-bond donors (Lipinski definition) is 1. The fourth-order valence-corrected chi connectivity index (χ4v) is 3.18. The molecule has 1 saturated heterocycles. The zero-order chi connectivity index (χ0) is 16.6.